The van der Waals surface area contributed by atoms with Crippen molar-refractivity contribution in [2.75, 3.05) is 6.54 Å². The highest BCUT2D eigenvalue weighted by Crippen LogP contribution is 2.36. The highest BCUT2D eigenvalue weighted by atomic mass is 32.2. The van der Waals surface area contributed by atoms with Crippen molar-refractivity contribution in [1.29, 1.82) is 0 Å². The van der Waals surface area contributed by atoms with Gasteiger partial charge in [0.05, 0.1) is 0 Å². The summed E-state index contributed by atoms with van der Waals surface area (Å²) in [5.74, 6) is 0.726. The summed E-state index contributed by atoms with van der Waals surface area (Å²) in [6, 6.07) is 10.7. The Balaban J connectivity index is 1.97. The molecule has 2 heteroatoms. The van der Waals surface area contributed by atoms with Gasteiger partial charge >= 0.3 is 0 Å². The molecular formula is C13H19NS. The Kier molecular flexibility index (Phi) is 4.09. The van der Waals surface area contributed by atoms with Crippen molar-refractivity contribution in [3.63, 3.8) is 0 Å². The zero-order valence-electron chi connectivity index (χ0n) is 9.06. The van der Waals surface area contributed by atoms with Gasteiger partial charge in [-0.2, -0.15) is 0 Å². The lowest BCUT2D eigenvalue weighted by Gasteiger charge is -2.30. The fourth-order valence-electron chi connectivity index (χ4n) is 2.27. The lowest BCUT2D eigenvalue weighted by atomic mass is 9.89. The smallest absolute Gasteiger partial charge is 0.0135 e. The number of thioether (sulfide) groups is 1. The van der Waals surface area contributed by atoms with Crippen LogP contribution in [0.4, 0.5) is 0 Å². The molecule has 1 nitrogen and oxygen atoms in total. The normalized spacial score (nSPS) is 26.5. The van der Waals surface area contributed by atoms with Crippen LogP contribution in [0.3, 0.4) is 0 Å². The molecule has 0 spiro atoms. The first-order chi connectivity index (χ1) is 7.40. The van der Waals surface area contributed by atoms with E-state index in [1.165, 1.54) is 30.6 Å². The van der Waals surface area contributed by atoms with E-state index in [-0.39, 0.29) is 0 Å². The molecule has 15 heavy (non-hydrogen) atoms. The quantitative estimate of drug-likeness (QED) is 0.847. The Hall–Kier alpha value is -0.470. The monoisotopic (exact) mass is 221 g/mol. The third-order valence-corrected chi connectivity index (χ3v) is 4.64. The summed E-state index contributed by atoms with van der Waals surface area (Å²) in [4.78, 5) is 1.39. The molecule has 0 bridgehead atoms. The van der Waals surface area contributed by atoms with Crippen LogP contribution in [0.1, 0.15) is 25.7 Å². The Morgan fingerprint density at radius 1 is 1.13 bits per heavy atom. The van der Waals surface area contributed by atoms with E-state index in [1.807, 2.05) is 11.8 Å². The maximum absolute atomic E-state index is 5.83. The summed E-state index contributed by atoms with van der Waals surface area (Å²) in [5, 5.41) is 0.742. The van der Waals surface area contributed by atoms with Crippen molar-refractivity contribution in [2.45, 2.75) is 35.8 Å². The van der Waals surface area contributed by atoms with Crippen LogP contribution in [-0.2, 0) is 0 Å². The van der Waals surface area contributed by atoms with Crippen molar-refractivity contribution in [3.8, 4) is 0 Å². The minimum atomic E-state index is 0.726. The van der Waals surface area contributed by atoms with Gasteiger partial charge in [0.2, 0.25) is 0 Å². The molecule has 2 rings (SSSR count). The summed E-state index contributed by atoms with van der Waals surface area (Å²) >= 11 is 2.02. The number of nitrogens with two attached hydrogens (primary N) is 1. The van der Waals surface area contributed by atoms with Crippen LogP contribution in [0.25, 0.3) is 0 Å². The fraction of sp³-hybridized carbons (Fsp3) is 0.538. The van der Waals surface area contributed by atoms with Crippen LogP contribution in [0.2, 0.25) is 0 Å². The van der Waals surface area contributed by atoms with Crippen LogP contribution < -0.4 is 5.73 Å². The van der Waals surface area contributed by atoms with Gasteiger partial charge in [-0.05, 0) is 37.4 Å². The second-order valence-electron chi connectivity index (χ2n) is 4.25. The predicted molar refractivity (Wildman–Crippen MR) is 67.1 cm³/mol. The molecule has 0 aliphatic heterocycles. The molecule has 1 aliphatic rings. The van der Waals surface area contributed by atoms with E-state index in [0.717, 1.165) is 17.7 Å². The van der Waals surface area contributed by atoms with E-state index in [1.54, 1.807) is 0 Å². The maximum atomic E-state index is 5.83. The van der Waals surface area contributed by atoms with Crippen LogP contribution >= 0.6 is 11.8 Å². The van der Waals surface area contributed by atoms with Crippen molar-refractivity contribution >= 4 is 11.8 Å². The number of rotatable bonds is 3. The van der Waals surface area contributed by atoms with Gasteiger partial charge in [0, 0.05) is 10.1 Å². The Labute approximate surface area is 96.4 Å². The molecule has 1 aromatic carbocycles. The summed E-state index contributed by atoms with van der Waals surface area (Å²) in [6.07, 6.45) is 5.40. The molecule has 2 N–H and O–H groups in total. The SMILES string of the molecule is NCC1CCCCC1Sc1ccccc1. The lowest BCUT2D eigenvalue weighted by Crippen LogP contribution is -2.28. The molecule has 0 amide bonds. The second kappa shape index (κ2) is 5.57. The summed E-state index contributed by atoms with van der Waals surface area (Å²) in [6.45, 7) is 0.852. The third-order valence-electron chi connectivity index (χ3n) is 3.17. The second-order valence-corrected chi connectivity index (χ2v) is 5.56. The molecule has 1 aromatic rings. The Bertz CT molecular complexity index is 286. The van der Waals surface area contributed by atoms with Gasteiger partial charge in [-0.1, -0.05) is 31.0 Å². The first-order valence-electron chi connectivity index (χ1n) is 5.82. The fourth-order valence-corrected chi connectivity index (χ4v) is 3.66. The molecular weight excluding hydrogens is 202 g/mol. The van der Waals surface area contributed by atoms with Gasteiger partial charge < -0.3 is 5.73 Å². The average molecular weight is 221 g/mol. The van der Waals surface area contributed by atoms with Gasteiger partial charge in [-0.3, -0.25) is 0 Å². The van der Waals surface area contributed by atoms with E-state index < -0.39 is 0 Å². The van der Waals surface area contributed by atoms with E-state index in [4.69, 9.17) is 5.73 Å². The largest absolute Gasteiger partial charge is 0.330 e. The lowest BCUT2D eigenvalue weighted by molar-refractivity contribution is 0.378. The molecule has 0 saturated heterocycles. The van der Waals surface area contributed by atoms with E-state index in [9.17, 15) is 0 Å². The summed E-state index contributed by atoms with van der Waals surface area (Å²) < 4.78 is 0. The van der Waals surface area contributed by atoms with Gasteiger partial charge in [0.25, 0.3) is 0 Å². The van der Waals surface area contributed by atoms with Crippen molar-refractivity contribution in [1.82, 2.24) is 0 Å². The molecule has 82 valence electrons. The van der Waals surface area contributed by atoms with Crippen LogP contribution in [0.5, 0.6) is 0 Å². The number of hydrogen-bond donors (Lipinski definition) is 1. The molecule has 1 fully saturated rings. The first-order valence-corrected chi connectivity index (χ1v) is 6.70. The highest BCUT2D eigenvalue weighted by molar-refractivity contribution is 8.00. The zero-order valence-corrected chi connectivity index (χ0v) is 9.88. The average Bonchev–Trinajstić information content (AvgIpc) is 2.31. The van der Waals surface area contributed by atoms with E-state index >= 15 is 0 Å². The molecule has 0 aromatic heterocycles. The molecule has 2 unspecified atom stereocenters. The minimum Gasteiger partial charge on any atom is -0.330 e. The van der Waals surface area contributed by atoms with Gasteiger partial charge in [0.1, 0.15) is 0 Å². The summed E-state index contributed by atoms with van der Waals surface area (Å²) in [7, 11) is 0. The van der Waals surface area contributed by atoms with Gasteiger partial charge in [0.15, 0.2) is 0 Å². The topological polar surface area (TPSA) is 26.0 Å². The molecule has 0 heterocycles. The predicted octanol–water partition coefficient (Wildman–Crippen LogP) is 3.30. The zero-order chi connectivity index (χ0) is 10.5. The maximum Gasteiger partial charge on any atom is 0.0135 e. The van der Waals surface area contributed by atoms with Gasteiger partial charge in [-0.25, -0.2) is 0 Å². The third kappa shape index (κ3) is 2.99. The summed E-state index contributed by atoms with van der Waals surface area (Å²) in [5.41, 5.74) is 5.83. The Morgan fingerprint density at radius 3 is 2.60 bits per heavy atom. The van der Waals surface area contributed by atoms with Crippen LogP contribution in [-0.4, -0.2) is 11.8 Å². The standard InChI is InChI=1S/C13H19NS/c14-10-11-6-4-5-9-13(11)15-12-7-2-1-3-8-12/h1-3,7-8,11,13H,4-6,9-10,14H2. The molecule has 1 aliphatic carbocycles. The van der Waals surface area contributed by atoms with Crippen LogP contribution in [0.15, 0.2) is 35.2 Å². The van der Waals surface area contributed by atoms with Crippen LogP contribution in [0, 0.1) is 5.92 Å². The van der Waals surface area contributed by atoms with Crippen molar-refractivity contribution in [3.05, 3.63) is 30.3 Å². The molecule has 1 saturated carbocycles. The minimum absolute atomic E-state index is 0.726. The molecule has 2 atom stereocenters. The van der Waals surface area contributed by atoms with E-state index in [2.05, 4.69) is 30.3 Å². The van der Waals surface area contributed by atoms with Crippen molar-refractivity contribution < 1.29 is 0 Å². The number of hydrogen-bond acceptors (Lipinski definition) is 2. The van der Waals surface area contributed by atoms with Crippen molar-refractivity contribution in [2.24, 2.45) is 11.7 Å². The van der Waals surface area contributed by atoms with Gasteiger partial charge in [-0.15, -0.1) is 11.8 Å². The highest BCUT2D eigenvalue weighted by Gasteiger charge is 2.24. The first kappa shape index (κ1) is 11.0. The number of benzene rings is 1. The van der Waals surface area contributed by atoms with E-state index in [0.29, 0.717) is 0 Å². The molecule has 0 radical (unpaired) electrons. The Morgan fingerprint density at radius 2 is 1.87 bits per heavy atom.